The summed E-state index contributed by atoms with van der Waals surface area (Å²) in [5, 5.41) is 0. The fourth-order valence-corrected chi connectivity index (χ4v) is 2.64. The van der Waals surface area contributed by atoms with Gasteiger partial charge in [-0.05, 0) is 41.5 Å². The summed E-state index contributed by atoms with van der Waals surface area (Å²) in [7, 11) is 0. The van der Waals surface area contributed by atoms with E-state index in [-0.39, 0.29) is 0 Å². The lowest BCUT2D eigenvalue weighted by atomic mass is 9.96. The van der Waals surface area contributed by atoms with Gasteiger partial charge in [0.1, 0.15) is 0 Å². The highest BCUT2D eigenvalue weighted by molar-refractivity contribution is 5.34. The normalized spacial score (nSPS) is 10.6. The van der Waals surface area contributed by atoms with E-state index in [1.165, 1.54) is 47.9 Å². The van der Waals surface area contributed by atoms with Gasteiger partial charge >= 0.3 is 0 Å². The fraction of sp³-hybridized carbons (Fsp3) is 0.368. The number of benzene rings is 2. The molecule has 0 aliphatic rings. The van der Waals surface area contributed by atoms with Gasteiger partial charge in [0.15, 0.2) is 0 Å². The molecule has 0 aliphatic carbocycles. The van der Waals surface area contributed by atoms with Crippen molar-refractivity contribution in [2.45, 2.75) is 46.0 Å². The van der Waals surface area contributed by atoms with Crippen molar-refractivity contribution in [1.29, 1.82) is 0 Å². The van der Waals surface area contributed by atoms with Crippen LogP contribution in [0.15, 0.2) is 48.5 Å². The van der Waals surface area contributed by atoms with Crippen molar-refractivity contribution in [2.24, 2.45) is 0 Å². The standard InChI is InChI=1S/C19H24/c1-3-8-17-13-18(9-4-2)15-19(14-17)12-16-10-6-5-7-11-16/h5-7,10-11,13-15H,3-4,8-9,12H2,1-2H3. The largest absolute Gasteiger partial charge is 0.0651 e. The third-order valence-corrected chi connectivity index (χ3v) is 3.44. The van der Waals surface area contributed by atoms with Crippen molar-refractivity contribution in [3.05, 3.63) is 70.8 Å². The highest BCUT2D eigenvalue weighted by Gasteiger charge is 2.02. The molecule has 0 amide bonds. The molecular formula is C19H24. The lowest BCUT2D eigenvalue weighted by Crippen LogP contribution is -1.95. The Morgan fingerprint density at radius 1 is 0.632 bits per heavy atom. The molecule has 0 atom stereocenters. The zero-order valence-corrected chi connectivity index (χ0v) is 12.2. The monoisotopic (exact) mass is 252 g/mol. The summed E-state index contributed by atoms with van der Waals surface area (Å²) in [5.74, 6) is 0. The van der Waals surface area contributed by atoms with Crippen molar-refractivity contribution in [3.63, 3.8) is 0 Å². The average molecular weight is 252 g/mol. The van der Waals surface area contributed by atoms with Gasteiger partial charge < -0.3 is 0 Å². The van der Waals surface area contributed by atoms with E-state index < -0.39 is 0 Å². The minimum absolute atomic E-state index is 1.05. The van der Waals surface area contributed by atoms with Crippen LogP contribution < -0.4 is 0 Å². The Bertz CT molecular complexity index is 472. The Labute approximate surface area is 117 Å². The molecule has 0 nitrogen and oxygen atoms in total. The van der Waals surface area contributed by atoms with Crippen LogP contribution in [0.5, 0.6) is 0 Å². The Morgan fingerprint density at radius 2 is 1.16 bits per heavy atom. The molecule has 2 aromatic carbocycles. The van der Waals surface area contributed by atoms with E-state index in [0.717, 1.165) is 6.42 Å². The molecule has 0 saturated heterocycles. The van der Waals surface area contributed by atoms with Crippen LogP contribution in [-0.2, 0) is 19.3 Å². The van der Waals surface area contributed by atoms with Gasteiger partial charge in [-0.2, -0.15) is 0 Å². The Kier molecular flexibility index (Phi) is 5.20. The number of hydrogen-bond donors (Lipinski definition) is 0. The van der Waals surface area contributed by atoms with Gasteiger partial charge in [0.05, 0.1) is 0 Å². The Balaban J connectivity index is 2.23. The highest BCUT2D eigenvalue weighted by Crippen LogP contribution is 2.17. The average Bonchev–Trinajstić information content (AvgIpc) is 2.40. The predicted molar refractivity (Wildman–Crippen MR) is 83.7 cm³/mol. The van der Waals surface area contributed by atoms with Crippen LogP contribution >= 0.6 is 0 Å². The Hall–Kier alpha value is -1.56. The van der Waals surface area contributed by atoms with Gasteiger partial charge in [0.25, 0.3) is 0 Å². The van der Waals surface area contributed by atoms with Gasteiger partial charge in [-0.1, -0.05) is 75.2 Å². The molecule has 0 aliphatic heterocycles. The highest BCUT2D eigenvalue weighted by atomic mass is 14.1. The maximum Gasteiger partial charge on any atom is -0.00256 e. The summed E-state index contributed by atoms with van der Waals surface area (Å²) < 4.78 is 0. The van der Waals surface area contributed by atoms with Gasteiger partial charge in [-0.3, -0.25) is 0 Å². The zero-order valence-electron chi connectivity index (χ0n) is 12.2. The molecule has 0 N–H and O–H groups in total. The van der Waals surface area contributed by atoms with Gasteiger partial charge in [0, 0.05) is 0 Å². The Morgan fingerprint density at radius 3 is 1.68 bits per heavy atom. The summed E-state index contributed by atoms with van der Waals surface area (Å²) in [6, 6.07) is 17.9. The van der Waals surface area contributed by atoms with Crippen LogP contribution in [0.1, 0.15) is 48.9 Å². The quantitative estimate of drug-likeness (QED) is 0.664. The number of aryl methyl sites for hydroxylation is 2. The SMILES string of the molecule is CCCc1cc(CCC)cc(Cc2ccccc2)c1. The second-order valence-electron chi connectivity index (χ2n) is 5.32. The molecule has 0 heteroatoms. The summed E-state index contributed by atoms with van der Waals surface area (Å²) in [6.07, 6.45) is 5.88. The molecule has 2 rings (SSSR count). The zero-order chi connectivity index (χ0) is 13.5. The lowest BCUT2D eigenvalue weighted by molar-refractivity contribution is 0.890. The van der Waals surface area contributed by atoms with Crippen molar-refractivity contribution >= 4 is 0 Å². The first-order valence-electron chi connectivity index (χ1n) is 7.47. The first-order chi connectivity index (χ1) is 9.31. The molecule has 19 heavy (non-hydrogen) atoms. The third-order valence-electron chi connectivity index (χ3n) is 3.44. The van der Waals surface area contributed by atoms with Crippen LogP contribution in [0, 0.1) is 0 Å². The lowest BCUT2D eigenvalue weighted by Gasteiger charge is -2.09. The topological polar surface area (TPSA) is 0 Å². The summed E-state index contributed by atoms with van der Waals surface area (Å²) in [4.78, 5) is 0. The van der Waals surface area contributed by atoms with Crippen LogP contribution in [0.25, 0.3) is 0 Å². The van der Waals surface area contributed by atoms with Crippen LogP contribution in [0.3, 0.4) is 0 Å². The van der Waals surface area contributed by atoms with Gasteiger partial charge in [-0.15, -0.1) is 0 Å². The molecule has 2 aromatic rings. The minimum atomic E-state index is 1.05. The van der Waals surface area contributed by atoms with Crippen molar-refractivity contribution in [3.8, 4) is 0 Å². The van der Waals surface area contributed by atoms with E-state index in [4.69, 9.17) is 0 Å². The number of hydrogen-bond acceptors (Lipinski definition) is 0. The fourth-order valence-electron chi connectivity index (χ4n) is 2.64. The van der Waals surface area contributed by atoms with Gasteiger partial charge in [-0.25, -0.2) is 0 Å². The maximum atomic E-state index is 2.39. The van der Waals surface area contributed by atoms with E-state index in [1.54, 1.807) is 0 Å². The second-order valence-corrected chi connectivity index (χ2v) is 5.32. The molecule has 0 unspecified atom stereocenters. The van der Waals surface area contributed by atoms with Crippen molar-refractivity contribution in [1.82, 2.24) is 0 Å². The van der Waals surface area contributed by atoms with Crippen LogP contribution in [0.4, 0.5) is 0 Å². The molecule has 0 spiro atoms. The van der Waals surface area contributed by atoms with Crippen LogP contribution in [-0.4, -0.2) is 0 Å². The molecule has 0 fully saturated rings. The third kappa shape index (κ3) is 4.24. The maximum absolute atomic E-state index is 2.39. The molecule has 0 bridgehead atoms. The minimum Gasteiger partial charge on any atom is -0.0651 e. The number of rotatable bonds is 6. The molecular weight excluding hydrogens is 228 g/mol. The van der Waals surface area contributed by atoms with Gasteiger partial charge in [0.2, 0.25) is 0 Å². The second kappa shape index (κ2) is 7.13. The van der Waals surface area contributed by atoms with Crippen molar-refractivity contribution in [2.75, 3.05) is 0 Å². The summed E-state index contributed by atoms with van der Waals surface area (Å²) in [6.45, 7) is 4.51. The smallest absolute Gasteiger partial charge is 0.00256 e. The van der Waals surface area contributed by atoms with Crippen LogP contribution in [0.2, 0.25) is 0 Å². The first-order valence-corrected chi connectivity index (χ1v) is 7.47. The summed E-state index contributed by atoms with van der Waals surface area (Å²) in [5.41, 5.74) is 5.86. The first kappa shape index (κ1) is 13.9. The van der Waals surface area contributed by atoms with Crippen molar-refractivity contribution < 1.29 is 0 Å². The molecule has 0 aromatic heterocycles. The van der Waals surface area contributed by atoms with E-state index in [1.807, 2.05) is 0 Å². The molecule has 0 heterocycles. The molecule has 100 valence electrons. The summed E-state index contributed by atoms with van der Waals surface area (Å²) >= 11 is 0. The van der Waals surface area contributed by atoms with E-state index >= 15 is 0 Å². The predicted octanol–water partition coefficient (Wildman–Crippen LogP) is 5.18. The molecule has 0 radical (unpaired) electrons. The van der Waals surface area contributed by atoms with E-state index in [9.17, 15) is 0 Å². The van der Waals surface area contributed by atoms with E-state index in [0.29, 0.717) is 0 Å². The molecule has 0 saturated carbocycles. The van der Waals surface area contributed by atoms with E-state index in [2.05, 4.69) is 62.4 Å².